The first kappa shape index (κ1) is 11.0. The van der Waals surface area contributed by atoms with Crippen molar-refractivity contribution in [3.05, 3.63) is 29.3 Å². The smallest absolute Gasteiger partial charge is 0.122 e. The highest BCUT2D eigenvalue weighted by Crippen LogP contribution is 2.27. The van der Waals surface area contributed by atoms with Crippen LogP contribution in [-0.4, -0.2) is 20.3 Å². The molecule has 0 amide bonds. The second kappa shape index (κ2) is 4.96. The molecule has 1 aromatic rings. The zero-order valence-corrected chi connectivity index (χ0v) is 8.59. The molecule has 0 aliphatic carbocycles. The molecule has 1 atom stereocenters. The monoisotopic (exact) mass is 197 g/mol. The minimum atomic E-state index is -0.448. The highest BCUT2D eigenvalue weighted by atomic mass is 19.1. The lowest BCUT2D eigenvalue weighted by atomic mass is 9.98. The number of methoxy groups -OCH3 is 1. The Hall–Kier alpha value is -1.09. The summed E-state index contributed by atoms with van der Waals surface area (Å²) >= 11 is 0. The summed E-state index contributed by atoms with van der Waals surface area (Å²) < 4.78 is 17.8. The molecule has 0 aliphatic heterocycles. The van der Waals surface area contributed by atoms with Gasteiger partial charge >= 0.3 is 0 Å². The summed E-state index contributed by atoms with van der Waals surface area (Å²) in [7, 11) is 1.58. The van der Waals surface area contributed by atoms with Crippen LogP contribution in [0.1, 0.15) is 17.0 Å². The Morgan fingerprint density at radius 1 is 1.50 bits per heavy atom. The SMILES string of the molecule is COc1ccc(C)cc1C(CN)CF. The molecule has 2 N–H and O–H groups in total. The summed E-state index contributed by atoms with van der Waals surface area (Å²) in [6.07, 6.45) is 0. The molecule has 0 radical (unpaired) electrons. The molecule has 0 spiro atoms. The van der Waals surface area contributed by atoms with Crippen LogP contribution in [0.3, 0.4) is 0 Å². The van der Waals surface area contributed by atoms with Crippen LogP contribution in [0.15, 0.2) is 18.2 Å². The Morgan fingerprint density at radius 2 is 2.21 bits per heavy atom. The van der Waals surface area contributed by atoms with E-state index in [4.69, 9.17) is 10.5 Å². The van der Waals surface area contributed by atoms with Crippen molar-refractivity contribution in [1.29, 1.82) is 0 Å². The van der Waals surface area contributed by atoms with Crippen LogP contribution in [0, 0.1) is 6.92 Å². The average Bonchev–Trinajstić information content (AvgIpc) is 2.20. The van der Waals surface area contributed by atoms with E-state index in [9.17, 15) is 4.39 Å². The summed E-state index contributed by atoms with van der Waals surface area (Å²) in [5, 5.41) is 0. The van der Waals surface area contributed by atoms with Crippen molar-refractivity contribution >= 4 is 0 Å². The number of alkyl halides is 1. The van der Waals surface area contributed by atoms with Crippen LogP contribution in [0.5, 0.6) is 5.75 Å². The maximum absolute atomic E-state index is 12.7. The zero-order valence-electron chi connectivity index (χ0n) is 8.59. The van der Waals surface area contributed by atoms with Crippen molar-refractivity contribution in [2.45, 2.75) is 12.8 Å². The van der Waals surface area contributed by atoms with Crippen LogP contribution in [0.2, 0.25) is 0 Å². The predicted octanol–water partition coefficient (Wildman–Crippen LogP) is 2.02. The first-order valence-corrected chi connectivity index (χ1v) is 4.63. The number of nitrogens with two attached hydrogens (primary N) is 1. The topological polar surface area (TPSA) is 35.2 Å². The van der Waals surface area contributed by atoms with Crippen LogP contribution in [0.4, 0.5) is 4.39 Å². The maximum atomic E-state index is 12.7. The molecular formula is C11H16FNO. The average molecular weight is 197 g/mol. The van der Waals surface area contributed by atoms with Gasteiger partial charge in [0.05, 0.1) is 13.8 Å². The van der Waals surface area contributed by atoms with E-state index >= 15 is 0 Å². The molecule has 0 bridgehead atoms. The van der Waals surface area contributed by atoms with Gasteiger partial charge in [-0.05, 0) is 13.0 Å². The normalized spacial score (nSPS) is 12.6. The standard InChI is InChI=1S/C11H16FNO/c1-8-3-4-11(14-2)10(5-8)9(6-12)7-13/h3-5,9H,6-7,13H2,1-2H3. The van der Waals surface area contributed by atoms with Crippen molar-refractivity contribution in [3.63, 3.8) is 0 Å². The fraction of sp³-hybridized carbons (Fsp3) is 0.455. The van der Waals surface area contributed by atoms with Crippen LogP contribution >= 0.6 is 0 Å². The molecule has 3 heteroatoms. The molecule has 0 fully saturated rings. The fourth-order valence-electron chi connectivity index (χ4n) is 1.45. The van der Waals surface area contributed by atoms with Gasteiger partial charge in [0, 0.05) is 18.0 Å². The van der Waals surface area contributed by atoms with E-state index in [1.54, 1.807) is 7.11 Å². The zero-order chi connectivity index (χ0) is 10.6. The van der Waals surface area contributed by atoms with E-state index in [1.165, 1.54) is 0 Å². The number of rotatable bonds is 4. The van der Waals surface area contributed by atoms with E-state index in [2.05, 4.69) is 0 Å². The predicted molar refractivity (Wildman–Crippen MR) is 55.5 cm³/mol. The van der Waals surface area contributed by atoms with Gasteiger partial charge in [-0.3, -0.25) is 4.39 Å². The fourth-order valence-corrected chi connectivity index (χ4v) is 1.45. The van der Waals surface area contributed by atoms with E-state index in [0.29, 0.717) is 12.3 Å². The molecule has 0 aromatic heterocycles. The number of ether oxygens (including phenoxy) is 1. The van der Waals surface area contributed by atoms with Crippen LogP contribution in [-0.2, 0) is 0 Å². The number of hydrogen-bond donors (Lipinski definition) is 1. The number of halogens is 1. The second-order valence-electron chi connectivity index (χ2n) is 3.33. The first-order chi connectivity index (χ1) is 6.72. The van der Waals surface area contributed by atoms with E-state index in [-0.39, 0.29) is 5.92 Å². The number of benzene rings is 1. The van der Waals surface area contributed by atoms with E-state index < -0.39 is 6.67 Å². The molecule has 0 saturated carbocycles. The van der Waals surface area contributed by atoms with Gasteiger partial charge in [0.2, 0.25) is 0 Å². The molecule has 0 aliphatic rings. The van der Waals surface area contributed by atoms with Gasteiger partial charge in [-0.15, -0.1) is 0 Å². The minimum Gasteiger partial charge on any atom is -0.496 e. The van der Waals surface area contributed by atoms with Crippen molar-refractivity contribution in [1.82, 2.24) is 0 Å². The Morgan fingerprint density at radius 3 is 2.71 bits per heavy atom. The van der Waals surface area contributed by atoms with Crippen LogP contribution in [0.25, 0.3) is 0 Å². The van der Waals surface area contributed by atoms with Gasteiger partial charge in [-0.1, -0.05) is 17.7 Å². The molecule has 1 aromatic carbocycles. The van der Waals surface area contributed by atoms with Gasteiger partial charge in [0.1, 0.15) is 5.75 Å². The largest absolute Gasteiger partial charge is 0.496 e. The second-order valence-corrected chi connectivity index (χ2v) is 3.33. The Kier molecular flexibility index (Phi) is 3.89. The molecular weight excluding hydrogens is 181 g/mol. The Bertz CT molecular complexity index is 297. The summed E-state index contributed by atoms with van der Waals surface area (Å²) in [5.41, 5.74) is 7.44. The van der Waals surface area contributed by atoms with Crippen molar-refractivity contribution in [2.75, 3.05) is 20.3 Å². The summed E-state index contributed by atoms with van der Waals surface area (Å²) in [6, 6.07) is 5.72. The quantitative estimate of drug-likeness (QED) is 0.801. The van der Waals surface area contributed by atoms with E-state index in [1.807, 2.05) is 25.1 Å². The molecule has 1 unspecified atom stereocenters. The number of hydrogen-bond acceptors (Lipinski definition) is 2. The third-order valence-corrected chi connectivity index (χ3v) is 2.30. The summed E-state index contributed by atoms with van der Waals surface area (Å²) in [4.78, 5) is 0. The first-order valence-electron chi connectivity index (χ1n) is 4.63. The van der Waals surface area contributed by atoms with Crippen molar-refractivity contribution in [3.8, 4) is 5.75 Å². The van der Waals surface area contributed by atoms with Crippen molar-refractivity contribution < 1.29 is 9.13 Å². The highest BCUT2D eigenvalue weighted by Gasteiger charge is 2.14. The van der Waals surface area contributed by atoms with Gasteiger partial charge in [0.25, 0.3) is 0 Å². The molecule has 78 valence electrons. The van der Waals surface area contributed by atoms with Gasteiger partial charge in [-0.25, -0.2) is 0 Å². The lowest BCUT2D eigenvalue weighted by Crippen LogP contribution is -2.15. The molecule has 0 saturated heterocycles. The summed E-state index contributed by atoms with van der Waals surface area (Å²) in [6.45, 7) is 1.82. The minimum absolute atomic E-state index is 0.259. The Balaban J connectivity index is 3.08. The molecule has 1 rings (SSSR count). The maximum Gasteiger partial charge on any atom is 0.122 e. The molecule has 2 nitrogen and oxygen atoms in total. The molecule has 0 heterocycles. The molecule has 14 heavy (non-hydrogen) atoms. The van der Waals surface area contributed by atoms with Gasteiger partial charge in [0.15, 0.2) is 0 Å². The number of aryl methyl sites for hydroxylation is 1. The van der Waals surface area contributed by atoms with E-state index in [0.717, 1.165) is 11.1 Å². The van der Waals surface area contributed by atoms with Gasteiger partial charge in [-0.2, -0.15) is 0 Å². The van der Waals surface area contributed by atoms with Crippen LogP contribution < -0.4 is 10.5 Å². The Labute approximate surface area is 83.9 Å². The third kappa shape index (κ3) is 2.23. The summed E-state index contributed by atoms with van der Waals surface area (Å²) in [5.74, 6) is 0.452. The van der Waals surface area contributed by atoms with Crippen molar-refractivity contribution in [2.24, 2.45) is 5.73 Å². The lowest BCUT2D eigenvalue weighted by Gasteiger charge is -2.15. The van der Waals surface area contributed by atoms with Gasteiger partial charge < -0.3 is 10.5 Å². The lowest BCUT2D eigenvalue weighted by molar-refractivity contribution is 0.388. The third-order valence-electron chi connectivity index (χ3n) is 2.30. The highest BCUT2D eigenvalue weighted by molar-refractivity contribution is 5.39.